The number of carboxylic acid groups (broad SMARTS) is 2. The minimum absolute atomic E-state index is 0.0323. The molecule has 2 rings (SSSR count). The van der Waals surface area contributed by atoms with Crippen LogP contribution in [0.3, 0.4) is 0 Å². The van der Waals surface area contributed by atoms with Gasteiger partial charge in [0.15, 0.2) is 0 Å². The van der Waals surface area contributed by atoms with Crippen LogP contribution >= 0.6 is 0 Å². The molecule has 214 valence electrons. The fourth-order valence-corrected chi connectivity index (χ4v) is 4.62. The number of phenols is 1. The molecule has 1 aliphatic rings. The van der Waals surface area contributed by atoms with Crippen LogP contribution in [0, 0.1) is 17.8 Å². The number of benzene rings is 1. The third-order valence-corrected chi connectivity index (χ3v) is 6.55. The largest absolute Gasteiger partial charge is 0.508 e. The number of primary amides is 1. The van der Waals surface area contributed by atoms with E-state index in [1.165, 1.54) is 24.3 Å². The van der Waals surface area contributed by atoms with E-state index < -0.39 is 71.9 Å². The van der Waals surface area contributed by atoms with Crippen molar-refractivity contribution in [1.82, 2.24) is 16.0 Å². The first-order valence-corrected chi connectivity index (χ1v) is 12.7. The van der Waals surface area contributed by atoms with Gasteiger partial charge in [-0.1, -0.05) is 38.8 Å². The number of carbonyl (C=O) groups excluding carboxylic acids is 4. The van der Waals surface area contributed by atoms with Gasteiger partial charge in [-0.05, 0) is 42.9 Å². The summed E-state index contributed by atoms with van der Waals surface area (Å²) >= 11 is 0. The van der Waals surface area contributed by atoms with Gasteiger partial charge in [-0.2, -0.15) is 0 Å². The molecular weight excluding hydrogens is 512 g/mol. The number of nitrogens with two attached hydrogens (primary N) is 1. The van der Waals surface area contributed by atoms with Gasteiger partial charge in [-0.25, -0.2) is 0 Å². The van der Waals surface area contributed by atoms with Gasteiger partial charge in [0.2, 0.25) is 23.6 Å². The van der Waals surface area contributed by atoms with Crippen LogP contribution < -0.4 is 21.7 Å². The van der Waals surface area contributed by atoms with Gasteiger partial charge >= 0.3 is 11.9 Å². The maximum atomic E-state index is 13.4. The SMILES string of the molecule is CC(C)C[C@H](NC(=O)[C@H](CC(=O)O)NC(=O)[C@@H](NC(=O)[C@@H]1CCCC[C@H]1C(=O)O)c1cccc(O)c1)C(N)=O. The number of nitrogens with one attached hydrogen (secondary N) is 3. The number of carboxylic acids is 2. The lowest BCUT2D eigenvalue weighted by atomic mass is 9.78. The fraction of sp³-hybridized carbons (Fsp3) is 0.538. The van der Waals surface area contributed by atoms with E-state index in [0.29, 0.717) is 25.7 Å². The van der Waals surface area contributed by atoms with Crippen LogP contribution in [-0.4, -0.2) is 63.0 Å². The molecule has 0 aromatic heterocycles. The zero-order chi connectivity index (χ0) is 29.3. The van der Waals surface area contributed by atoms with E-state index in [1.54, 1.807) is 13.8 Å². The number of carbonyl (C=O) groups is 6. The van der Waals surface area contributed by atoms with E-state index in [-0.39, 0.29) is 23.7 Å². The van der Waals surface area contributed by atoms with Crippen LogP contribution in [0.4, 0.5) is 0 Å². The molecule has 1 aromatic rings. The van der Waals surface area contributed by atoms with E-state index in [4.69, 9.17) is 5.73 Å². The van der Waals surface area contributed by atoms with E-state index in [0.717, 1.165) is 0 Å². The van der Waals surface area contributed by atoms with Crippen LogP contribution in [0.15, 0.2) is 24.3 Å². The molecular formula is C26H36N4O9. The molecule has 1 saturated carbocycles. The Kier molecular flexibility index (Phi) is 11.2. The molecule has 39 heavy (non-hydrogen) atoms. The van der Waals surface area contributed by atoms with Crippen LogP contribution in [0.1, 0.15) is 64.0 Å². The highest BCUT2D eigenvalue weighted by molar-refractivity contribution is 5.96. The Morgan fingerprint density at radius 1 is 0.923 bits per heavy atom. The number of hydrogen-bond acceptors (Lipinski definition) is 7. The molecule has 0 aliphatic heterocycles. The smallest absolute Gasteiger partial charge is 0.307 e. The van der Waals surface area contributed by atoms with Crippen molar-refractivity contribution >= 4 is 35.6 Å². The van der Waals surface area contributed by atoms with Crippen molar-refractivity contribution in [2.75, 3.05) is 0 Å². The van der Waals surface area contributed by atoms with Crippen LogP contribution in [0.2, 0.25) is 0 Å². The maximum absolute atomic E-state index is 13.4. The number of phenolic OH excluding ortho intramolecular Hbond substituents is 1. The van der Waals surface area contributed by atoms with Gasteiger partial charge in [-0.3, -0.25) is 28.8 Å². The summed E-state index contributed by atoms with van der Waals surface area (Å²) in [6, 6.07) is 1.15. The summed E-state index contributed by atoms with van der Waals surface area (Å²) in [6.07, 6.45) is 1.22. The molecule has 1 aromatic carbocycles. The van der Waals surface area contributed by atoms with Crippen molar-refractivity contribution < 1.29 is 44.1 Å². The Bertz CT molecular complexity index is 1090. The van der Waals surface area contributed by atoms with Gasteiger partial charge in [-0.15, -0.1) is 0 Å². The molecule has 0 spiro atoms. The van der Waals surface area contributed by atoms with Crippen LogP contribution in [0.25, 0.3) is 0 Å². The minimum Gasteiger partial charge on any atom is -0.508 e. The third-order valence-electron chi connectivity index (χ3n) is 6.55. The summed E-state index contributed by atoms with van der Waals surface area (Å²) < 4.78 is 0. The van der Waals surface area contributed by atoms with Crippen molar-refractivity contribution in [3.8, 4) is 5.75 Å². The summed E-state index contributed by atoms with van der Waals surface area (Å²) in [5.41, 5.74) is 5.48. The average molecular weight is 549 g/mol. The number of hydrogen-bond donors (Lipinski definition) is 7. The number of aromatic hydroxyl groups is 1. The Morgan fingerprint density at radius 2 is 1.54 bits per heavy atom. The number of rotatable bonds is 13. The summed E-state index contributed by atoms with van der Waals surface area (Å²) in [7, 11) is 0. The second-order valence-electron chi connectivity index (χ2n) is 10.1. The Morgan fingerprint density at radius 3 is 2.08 bits per heavy atom. The first-order chi connectivity index (χ1) is 18.3. The zero-order valence-corrected chi connectivity index (χ0v) is 21.9. The molecule has 0 unspecified atom stereocenters. The van der Waals surface area contributed by atoms with Gasteiger partial charge in [0.1, 0.15) is 23.9 Å². The standard InChI is InChI=1S/C26H36N4O9/c1-13(2)10-18(22(27)34)28-24(36)19(12-20(32)33)29-25(37)21(14-6-5-7-15(31)11-14)30-23(35)16-8-3-4-9-17(16)26(38)39/h5-7,11,13,16-19,21,31H,3-4,8-10,12H2,1-2H3,(H2,27,34)(H,28,36)(H,29,37)(H,30,35)(H,32,33)(H,38,39)/t16-,17-,18+,19+,21+/m1/s1. The molecule has 13 nitrogen and oxygen atoms in total. The van der Waals surface area contributed by atoms with Crippen molar-refractivity contribution in [1.29, 1.82) is 0 Å². The van der Waals surface area contributed by atoms with Crippen LogP contribution in [0.5, 0.6) is 5.75 Å². The predicted octanol–water partition coefficient (Wildman–Crippen LogP) is 0.416. The first kappa shape index (κ1) is 31.1. The highest BCUT2D eigenvalue weighted by atomic mass is 16.4. The third kappa shape index (κ3) is 9.27. The zero-order valence-electron chi connectivity index (χ0n) is 21.9. The van der Waals surface area contributed by atoms with Crippen molar-refractivity contribution in [3.05, 3.63) is 29.8 Å². The summed E-state index contributed by atoms with van der Waals surface area (Å²) in [6.45, 7) is 3.59. The van der Waals surface area contributed by atoms with Crippen LogP contribution in [-0.2, 0) is 28.8 Å². The molecule has 0 radical (unpaired) electrons. The van der Waals surface area contributed by atoms with Gasteiger partial charge in [0.25, 0.3) is 0 Å². The highest BCUT2D eigenvalue weighted by Crippen LogP contribution is 2.31. The topological polar surface area (TPSA) is 225 Å². The van der Waals surface area contributed by atoms with Crippen molar-refractivity contribution in [3.63, 3.8) is 0 Å². The van der Waals surface area contributed by atoms with Gasteiger partial charge in [0.05, 0.1) is 18.3 Å². The first-order valence-electron chi connectivity index (χ1n) is 12.7. The summed E-state index contributed by atoms with van der Waals surface area (Å²) in [5.74, 6) is -8.12. The monoisotopic (exact) mass is 548 g/mol. The minimum atomic E-state index is -1.64. The molecule has 0 saturated heterocycles. The van der Waals surface area contributed by atoms with Crippen molar-refractivity contribution in [2.45, 2.75) is 70.5 Å². The van der Waals surface area contributed by atoms with Crippen molar-refractivity contribution in [2.24, 2.45) is 23.5 Å². The summed E-state index contributed by atoms with van der Waals surface area (Å²) in [4.78, 5) is 74.5. The van der Waals surface area contributed by atoms with E-state index in [9.17, 15) is 44.1 Å². The fourth-order valence-electron chi connectivity index (χ4n) is 4.62. The van der Waals surface area contributed by atoms with E-state index in [2.05, 4.69) is 16.0 Å². The van der Waals surface area contributed by atoms with E-state index >= 15 is 0 Å². The Balaban J connectivity index is 2.33. The lowest BCUT2D eigenvalue weighted by molar-refractivity contribution is -0.149. The molecule has 13 heteroatoms. The second-order valence-corrected chi connectivity index (χ2v) is 10.1. The normalized spacial score (nSPS) is 19.3. The highest BCUT2D eigenvalue weighted by Gasteiger charge is 2.38. The van der Waals surface area contributed by atoms with Gasteiger partial charge < -0.3 is 37.0 Å². The maximum Gasteiger partial charge on any atom is 0.307 e. The lowest BCUT2D eigenvalue weighted by Crippen LogP contribution is -2.55. The molecule has 0 heterocycles. The van der Waals surface area contributed by atoms with E-state index in [1.807, 2.05) is 0 Å². The summed E-state index contributed by atoms with van der Waals surface area (Å²) in [5, 5.41) is 36.0. The second kappa shape index (κ2) is 14.1. The Labute approximate surface area is 225 Å². The quantitative estimate of drug-likeness (QED) is 0.181. The average Bonchev–Trinajstić information content (AvgIpc) is 2.85. The molecule has 8 N–H and O–H groups in total. The molecule has 0 bridgehead atoms. The predicted molar refractivity (Wildman–Crippen MR) is 137 cm³/mol. The number of amides is 4. The molecule has 1 aliphatic carbocycles. The molecule has 5 atom stereocenters. The Hall–Kier alpha value is -4.16. The molecule has 1 fully saturated rings. The number of aliphatic carboxylic acids is 2. The molecule has 4 amide bonds. The lowest BCUT2D eigenvalue weighted by Gasteiger charge is -2.30. The van der Waals surface area contributed by atoms with Gasteiger partial charge in [0, 0.05) is 0 Å².